The van der Waals surface area contributed by atoms with Crippen LogP contribution in [0.1, 0.15) is 159 Å². The van der Waals surface area contributed by atoms with E-state index in [2.05, 4.69) is 27.7 Å². The minimum absolute atomic E-state index is 0.0717. The van der Waals surface area contributed by atoms with Crippen LogP contribution in [0.5, 0.6) is 0 Å². The molecule has 0 bridgehead atoms. The number of allylic oxidation sites excluding steroid dienone is 8. The van der Waals surface area contributed by atoms with Gasteiger partial charge in [-0.25, -0.2) is 0 Å². The van der Waals surface area contributed by atoms with Gasteiger partial charge in [-0.15, -0.1) is 0 Å². The fourth-order valence-electron chi connectivity index (χ4n) is 9.02. The summed E-state index contributed by atoms with van der Waals surface area (Å²) >= 11 is -5.35. The number of nitrogens with zero attached hydrogens (tertiary/aromatic N) is 2. The summed E-state index contributed by atoms with van der Waals surface area (Å²) in [5, 5.41) is 0. The maximum atomic E-state index is 18.3. The van der Waals surface area contributed by atoms with Crippen LogP contribution in [0.15, 0.2) is 68.5 Å². The van der Waals surface area contributed by atoms with Crippen molar-refractivity contribution in [2.75, 3.05) is 22.9 Å². The van der Waals surface area contributed by atoms with Gasteiger partial charge in [-0.2, -0.15) is 0 Å². The van der Waals surface area contributed by atoms with Gasteiger partial charge in [0.05, 0.1) is 0 Å². The van der Waals surface area contributed by atoms with Crippen molar-refractivity contribution >= 4 is 30.9 Å². The fourth-order valence-corrected chi connectivity index (χ4v) is 17.3. The van der Waals surface area contributed by atoms with Crippen LogP contribution in [-0.2, 0) is 26.2 Å². The molecule has 0 aliphatic heterocycles. The number of benzene rings is 2. The molecular weight excluding hydrogens is 808 g/mol. The third-order valence-corrected chi connectivity index (χ3v) is 21.9. The molecule has 2 aliphatic rings. The number of carbonyl (C=O) groups is 2. The first-order chi connectivity index (χ1) is 29.0. The predicted molar refractivity (Wildman–Crippen MR) is 244 cm³/mol. The number of anilines is 2. The Morgan fingerprint density at radius 3 is 1.28 bits per heavy atom. The molecule has 4 nitrogen and oxygen atoms in total. The average Bonchev–Trinajstić information content (AvgIpc) is 4.00. The van der Waals surface area contributed by atoms with Crippen molar-refractivity contribution in [3.8, 4) is 0 Å². The van der Waals surface area contributed by atoms with Crippen LogP contribution in [0, 0.1) is 45.9 Å². The van der Waals surface area contributed by atoms with Crippen LogP contribution in [0.3, 0.4) is 0 Å². The molecule has 61 heavy (non-hydrogen) atoms. The topological polar surface area (TPSA) is 40.6 Å². The van der Waals surface area contributed by atoms with Gasteiger partial charge in [0.1, 0.15) is 0 Å². The molecule has 4 rings (SSSR count). The molecule has 2 aromatic rings. The summed E-state index contributed by atoms with van der Waals surface area (Å²) in [7, 11) is 0. The SMILES string of the molecule is CCCCC(CC)CCN(C(=O)C(C)(C)CC)c1ccc(F)[c]([Ti]([C]2=CC=CC2)([C]2=CC=CC2)[c]2c(F)ccc(N(CCC(CC)CCCC)C(=O)C(C)(C)CC)c2F)c1F. The van der Waals surface area contributed by atoms with Crippen LogP contribution in [-0.4, -0.2) is 24.9 Å². The Hall–Kier alpha value is -3.23. The van der Waals surface area contributed by atoms with Crippen molar-refractivity contribution in [3.05, 3.63) is 91.7 Å². The molecule has 9 heteroatoms. The quantitative estimate of drug-likeness (QED) is 0.0778. The van der Waals surface area contributed by atoms with Crippen LogP contribution in [0.4, 0.5) is 28.9 Å². The first kappa shape index (κ1) is 50.4. The molecule has 2 atom stereocenters. The summed E-state index contributed by atoms with van der Waals surface area (Å²) in [6.45, 7) is 20.1. The summed E-state index contributed by atoms with van der Waals surface area (Å²) in [5.41, 5.74) is -1.86. The Bertz CT molecular complexity index is 1820. The van der Waals surface area contributed by atoms with Crippen LogP contribution >= 0.6 is 0 Å². The second kappa shape index (κ2) is 22.4. The molecule has 0 N–H and O–H groups in total. The summed E-state index contributed by atoms with van der Waals surface area (Å²) in [4.78, 5) is 32.1. The number of unbranched alkanes of at least 4 members (excludes halogenated alkanes) is 2. The van der Waals surface area contributed by atoms with E-state index in [1.54, 1.807) is 24.3 Å². The molecule has 2 unspecified atom stereocenters. The zero-order valence-corrected chi connectivity index (χ0v) is 40.5. The Morgan fingerprint density at radius 1 is 0.607 bits per heavy atom. The first-order valence-corrected chi connectivity index (χ1v) is 26.5. The van der Waals surface area contributed by atoms with Crippen LogP contribution in [0.25, 0.3) is 0 Å². The molecule has 0 aromatic heterocycles. The molecule has 0 saturated carbocycles. The Balaban J connectivity index is 2.10. The van der Waals surface area contributed by atoms with E-state index in [1.165, 1.54) is 34.1 Å². The van der Waals surface area contributed by atoms with E-state index in [4.69, 9.17) is 0 Å². The number of halogens is 4. The van der Waals surface area contributed by atoms with Crippen molar-refractivity contribution in [2.45, 2.75) is 159 Å². The van der Waals surface area contributed by atoms with Crippen molar-refractivity contribution in [2.24, 2.45) is 22.7 Å². The number of amides is 2. The van der Waals surface area contributed by atoms with Crippen LogP contribution < -0.4 is 17.5 Å². The van der Waals surface area contributed by atoms with Gasteiger partial charge < -0.3 is 0 Å². The van der Waals surface area contributed by atoms with Crippen molar-refractivity contribution < 1.29 is 43.7 Å². The molecule has 2 aromatic carbocycles. The van der Waals surface area contributed by atoms with Gasteiger partial charge in [0.25, 0.3) is 0 Å². The van der Waals surface area contributed by atoms with Gasteiger partial charge in [0.2, 0.25) is 0 Å². The van der Waals surface area contributed by atoms with E-state index >= 15 is 17.6 Å². The summed E-state index contributed by atoms with van der Waals surface area (Å²) < 4.78 is 71.7. The van der Waals surface area contributed by atoms with E-state index in [9.17, 15) is 9.59 Å². The molecule has 336 valence electrons. The normalized spacial score (nSPS) is 15.2. The molecule has 0 spiro atoms. The van der Waals surface area contributed by atoms with Gasteiger partial charge >= 0.3 is 371 Å². The number of hydrogen-bond acceptors (Lipinski definition) is 2. The molecular formula is C52H74F4N2O2Ti. The first-order valence-electron chi connectivity index (χ1n) is 23.3. The minimum atomic E-state index is -5.35. The zero-order chi connectivity index (χ0) is 45.1. The van der Waals surface area contributed by atoms with E-state index in [1.807, 2.05) is 53.7 Å². The molecule has 2 amide bonds. The van der Waals surface area contributed by atoms with Crippen molar-refractivity contribution in [3.63, 3.8) is 0 Å². The van der Waals surface area contributed by atoms with Gasteiger partial charge in [-0.05, 0) is 0 Å². The van der Waals surface area contributed by atoms with Crippen LogP contribution in [0.2, 0.25) is 0 Å². The third kappa shape index (κ3) is 10.9. The monoisotopic (exact) mass is 883 g/mol. The summed E-state index contributed by atoms with van der Waals surface area (Å²) in [6, 6.07) is 5.04. The molecule has 0 radical (unpaired) electrons. The van der Waals surface area contributed by atoms with Gasteiger partial charge in [-0.3, -0.25) is 0 Å². The maximum absolute atomic E-state index is 18.3. The average molecular weight is 883 g/mol. The molecule has 2 aliphatic carbocycles. The Labute approximate surface area is 369 Å². The van der Waals surface area contributed by atoms with E-state index in [-0.39, 0.29) is 56.9 Å². The van der Waals surface area contributed by atoms with E-state index in [0.29, 0.717) is 45.3 Å². The number of rotatable bonds is 24. The molecule has 0 fully saturated rings. The summed E-state index contributed by atoms with van der Waals surface area (Å²) in [5.74, 6) is -3.66. The zero-order valence-electron chi connectivity index (χ0n) is 39.0. The standard InChI is InChI=1S/2C21H32F2NO.2C5H5.Ti/c2*1-6-9-10-16(7-2)13-14-24(20(25)21(4,5)8-3)19-12-11-17(22)15-18(19)23;2*1-2-4-5-3-1;/h2*11-12,16H,6-10,13-14H2,1-5H3;2*1-3H,4H2;. The van der Waals surface area contributed by atoms with Crippen molar-refractivity contribution in [1.29, 1.82) is 0 Å². The number of carbonyl (C=O) groups excluding carboxylic acids is 2. The van der Waals surface area contributed by atoms with E-state index in [0.717, 1.165) is 51.4 Å². The van der Waals surface area contributed by atoms with Gasteiger partial charge in [0.15, 0.2) is 0 Å². The van der Waals surface area contributed by atoms with Gasteiger partial charge in [-0.1, -0.05) is 0 Å². The van der Waals surface area contributed by atoms with E-state index < -0.39 is 50.7 Å². The number of hydrogen-bond donors (Lipinski definition) is 0. The third-order valence-electron chi connectivity index (χ3n) is 14.0. The van der Waals surface area contributed by atoms with Crippen molar-refractivity contribution in [1.82, 2.24) is 0 Å². The fraction of sp³-hybridized carbons (Fsp3) is 0.577. The molecule has 0 saturated heterocycles. The summed E-state index contributed by atoms with van der Waals surface area (Å²) in [6.07, 6.45) is 21.5. The second-order valence-corrected chi connectivity index (χ2v) is 24.6. The molecule has 0 heterocycles. The van der Waals surface area contributed by atoms with Gasteiger partial charge in [0, 0.05) is 0 Å². The Kier molecular flexibility index (Phi) is 18.5. The second-order valence-electron chi connectivity index (χ2n) is 18.7. The Morgan fingerprint density at radius 2 is 0.984 bits per heavy atom. The predicted octanol–water partition coefficient (Wildman–Crippen LogP) is 13.8.